The van der Waals surface area contributed by atoms with Gasteiger partial charge in [-0.2, -0.15) is 8.78 Å². The highest BCUT2D eigenvalue weighted by atomic mass is 79.9. The molecule has 1 saturated heterocycles. The van der Waals surface area contributed by atoms with Gasteiger partial charge in [-0.15, -0.1) is 10.2 Å². The lowest BCUT2D eigenvalue weighted by molar-refractivity contribution is 0.116. The van der Waals surface area contributed by atoms with Crippen LogP contribution in [0.4, 0.5) is 22.4 Å². The molecule has 37 heavy (non-hydrogen) atoms. The molecule has 0 atom stereocenters. The van der Waals surface area contributed by atoms with Gasteiger partial charge in [0.1, 0.15) is 11.6 Å². The van der Waals surface area contributed by atoms with Crippen LogP contribution in [0.2, 0.25) is 0 Å². The first kappa shape index (κ1) is 25.0. The summed E-state index contributed by atoms with van der Waals surface area (Å²) in [5.41, 5.74) is 0.337. The van der Waals surface area contributed by atoms with E-state index >= 15 is 4.39 Å². The lowest BCUT2D eigenvalue weighted by atomic mass is 10.0. The number of alkyl halides is 2. The number of hydrogen-bond acceptors (Lipinski definition) is 5. The van der Waals surface area contributed by atoms with Crippen molar-refractivity contribution in [1.82, 2.24) is 24.2 Å². The summed E-state index contributed by atoms with van der Waals surface area (Å²) in [4.78, 5) is 26.1. The molecule has 9 nitrogen and oxygen atoms in total. The number of amides is 1. The minimum absolute atomic E-state index is 0.0793. The Morgan fingerprint density at radius 1 is 1.11 bits per heavy atom. The molecule has 1 aliphatic heterocycles. The van der Waals surface area contributed by atoms with Gasteiger partial charge in [0.05, 0.1) is 22.1 Å². The molecular formula is C23H18BrF4N5O4. The van der Waals surface area contributed by atoms with Crippen molar-refractivity contribution in [3.63, 3.8) is 0 Å². The Kier molecular flexibility index (Phi) is 6.52. The van der Waals surface area contributed by atoms with E-state index in [-0.39, 0.29) is 52.7 Å². The van der Waals surface area contributed by atoms with E-state index < -0.39 is 35.7 Å². The number of carbonyl (C=O) groups is 1. The third kappa shape index (κ3) is 4.61. The van der Waals surface area contributed by atoms with Crippen molar-refractivity contribution in [1.29, 1.82) is 0 Å². The van der Waals surface area contributed by atoms with E-state index in [4.69, 9.17) is 4.42 Å². The highest BCUT2D eigenvalue weighted by molar-refractivity contribution is 9.10. The quantitative estimate of drug-likeness (QED) is 0.324. The number of carboxylic acid groups (broad SMARTS) is 1. The van der Waals surface area contributed by atoms with Gasteiger partial charge in [0, 0.05) is 36.3 Å². The third-order valence-electron chi connectivity index (χ3n) is 6.36. The lowest BCUT2D eigenvalue weighted by Gasteiger charge is -2.30. The second-order valence-corrected chi connectivity index (χ2v) is 9.40. The molecule has 5 rings (SSSR count). The highest BCUT2D eigenvalue weighted by Crippen LogP contribution is 2.30. The van der Waals surface area contributed by atoms with Gasteiger partial charge in [-0.1, -0.05) is 6.07 Å². The number of hydrogen-bond donors (Lipinski definition) is 1. The first-order valence-electron chi connectivity index (χ1n) is 11.1. The number of aromatic nitrogens is 4. The Morgan fingerprint density at radius 2 is 1.84 bits per heavy atom. The fraction of sp³-hybridized carbons (Fsp3) is 0.304. The summed E-state index contributed by atoms with van der Waals surface area (Å²) in [5, 5.41) is 15.9. The molecule has 0 unspecified atom stereocenters. The van der Waals surface area contributed by atoms with E-state index in [1.165, 1.54) is 38.3 Å². The smallest absolute Gasteiger partial charge is 0.407 e. The molecule has 2 aromatic carbocycles. The molecular weight excluding hydrogens is 566 g/mol. The molecule has 3 heterocycles. The molecule has 1 amide bonds. The number of rotatable bonds is 5. The zero-order chi connectivity index (χ0) is 26.4. The van der Waals surface area contributed by atoms with Crippen LogP contribution >= 0.6 is 15.9 Å². The topological polar surface area (TPSA) is 106 Å². The number of piperidine rings is 1. The van der Waals surface area contributed by atoms with E-state index in [2.05, 4.69) is 26.1 Å². The normalized spacial score (nSPS) is 14.7. The number of nitrogens with zero attached hydrogens (tertiary/aromatic N) is 5. The number of fused-ring (bicyclic) bond motifs is 1. The van der Waals surface area contributed by atoms with Gasteiger partial charge in [-0.3, -0.25) is 9.13 Å². The van der Waals surface area contributed by atoms with Crippen molar-refractivity contribution in [3.8, 4) is 11.5 Å². The Morgan fingerprint density at radius 3 is 2.46 bits per heavy atom. The fourth-order valence-corrected chi connectivity index (χ4v) is 4.84. The van der Waals surface area contributed by atoms with E-state index in [1.807, 2.05) is 0 Å². The molecule has 14 heteroatoms. The lowest BCUT2D eigenvalue weighted by Crippen LogP contribution is -2.40. The van der Waals surface area contributed by atoms with E-state index in [9.17, 15) is 27.9 Å². The second kappa shape index (κ2) is 9.65. The molecule has 0 spiro atoms. The van der Waals surface area contributed by atoms with Crippen molar-refractivity contribution in [3.05, 3.63) is 68.4 Å². The second-order valence-electron chi connectivity index (χ2n) is 8.55. The zero-order valence-electron chi connectivity index (χ0n) is 18.9. The van der Waals surface area contributed by atoms with Gasteiger partial charge >= 0.3 is 18.2 Å². The van der Waals surface area contributed by atoms with Crippen molar-refractivity contribution in [2.24, 2.45) is 0 Å². The summed E-state index contributed by atoms with van der Waals surface area (Å²) in [6, 6.07) is 6.10. The fourth-order valence-electron chi connectivity index (χ4n) is 4.51. The van der Waals surface area contributed by atoms with Crippen LogP contribution in [0, 0.1) is 11.6 Å². The molecule has 0 radical (unpaired) electrons. The van der Waals surface area contributed by atoms with Gasteiger partial charge in [0.25, 0.3) is 5.89 Å². The predicted octanol–water partition coefficient (Wildman–Crippen LogP) is 5.19. The summed E-state index contributed by atoms with van der Waals surface area (Å²) in [6.45, 7) is 0.233. The minimum atomic E-state index is -2.97. The van der Waals surface area contributed by atoms with Crippen LogP contribution in [0.1, 0.15) is 36.8 Å². The van der Waals surface area contributed by atoms with Gasteiger partial charge in [0.2, 0.25) is 5.89 Å². The Balaban J connectivity index is 1.52. The summed E-state index contributed by atoms with van der Waals surface area (Å²) >= 11 is 3.14. The average molecular weight is 584 g/mol. The van der Waals surface area contributed by atoms with Crippen molar-refractivity contribution in [2.45, 2.75) is 31.9 Å². The molecule has 2 aromatic heterocycles. The van der Waals surface area contributed by atoms with Crippen LogP contribution in [0.15, 0.2) is 44.0 Å². The van der Waals surface area contributed by atoms with Crippen LogP contribution in [0.5, 0.6) is 0 Å². The summed E-state index contributed by atoms with van der Waals surface area (Å²) in [7, 11) is 0. The monoisotopic (exact) mass is 583 g/mol. The summed E-state index contributed by atoms with van der Waals surface area (Å²) < 4.78 is 62.7. The van der Waals surface area contributed by atoms with Crippen LogP contribution in [-0.4, -0.2) is 48.5 Å². The number of benzene rings is 2. The zero-order valence-corrected chi connectivity index (χ0v) is 20.5. The van der Waals surface area contributed by atoms with Gasteiger partial charge in [-0.25, -0.2) is 18.4 Å². The maximum Gasteiger partial charge on any atom is 0.407 e. The molecule has 0 saturated carbocycles. The molecule has 4 aromatic rings. The van der Waals surface area contributed by atoms with Crippen LogP contribution in [0.3, 0.4) is 0 Å². The largest absolute Gasteiger partial charge is 0.465 e. The number of halogens is 5. The first-order chi connectivity index (χ1) is 17.6. The van der Waals surface area contributed by atoms with E-state index in [1.54, 1.807) is 0 Å². The number of likely N-dealkylation sites (tertiary alicyclic amines) is 1. The molecule has 194 valence electrons. The Labute approximate surface area is 214 Å². The Bertz CT molecular complexity index is 1560. The maximum absolute atomic E-state index is 15.0. The SMILES string of the molecule is O=C(O)N1CCC(n2c(=O)n(Cc3ccc(-c4nnc(C(F)F)o4)cc3F)c3cc(F)c(Br)cc32)CC1. The standard InChI is InChI=1S/C23H18BrF4N5O4/c24-14-8-18-17(9-16(14)26)32(22(34)33(18)13-3-5-31(6-4-13)23(35)36)10-12-2-1-11(7-15(12)25)20-29-30-21(37-20)19(27)28/h1-2,7-9,13,19H,3-6,10H2,(H,35,36). The predicted molar refractivity (Wildman–Crippen MR) is 125 cm³/mol. The van der Waals surface area contributed by atoms with Gasteiger partial charge < -0.3 is 14.4 Å². The van der Waals surface area contributed by atoms with Gasteiger partial charge in [0.15, 0.2) is 0 Å². The molecule has 1 aliphatic rings. The van der Waals surface area contributed by atoms with Crippen molar-refractivity contribution >= 4 is 33.1 Å². The Hall–Kier alpha value is -3.68. The minimum Gasteiger partial charge on any atom is -0.465 e. The summed E-state index contributed by atoms with van der Waals surface area (Å²) in [5.74, 6) is -2.54. The summed E-state index contributed by atoms with van der Waals surface area (Å²) in [6.07, 6.45) is -3.24. The number of imidazole rings is 1. The van der Waals surface area contributed by atoms with Crippen LogP contribution < -0.4 is 5.69 Å². The molecule has 0 bridgehead atoms. The maximum atomic E-state index is 15.0. The average Bonchev–Trinajstić information content (AvgIpc) is 3.45. The first-order valence-corrected chi connectivity index (χ1v) is 11.9. The van der Waals surface area contributed by atoms with Crippen molar-refractivity contribution < 1.29 is 31.9 Å². The van der Waals surface area contributed by atoms with Gasteiger partial charge in [-0.05, 0) is 47.0 Å². The molecule has 0 aliphatic carbocycles. The molecule has 1 N–H and O–H groups in total. The van der Waals surface area contributed by atoms with Crippen LogP contribution in [-0.2, 0) is 6.54 Å². The van der Waals surface area contributed by atoms with Crippen LogP contribution in [0.25, 0.3) is 22.5 Å². The van der Waals surface area contributed by atoms with E-state index in [0.717, 1.165) is 6.07 Å². The highest BCUT2D eigenvalue weighted by Gasteiger charge is 2.28. The molecule has 1 fully saturated rings. The third-order valence-corrected chi connectivity index (χ3v) is 6.97. The van der Waals surface area contributed by atoms with E-state index in [0.29, 0.717) is 18.4 Å². The van der Waals surface area contributed by atoms with Crippen molar-refractivity contribution in [2.75, 3.05) is 13.1 Å².